The third-order valence-corrected chi connectivity index (χ3v) is 6.29. The van der Waals surface area contributed by atoms with Crippen molar-refractivity contribution < 1.29 is 9.21 Å². The van der Waals surface area contributed by atoms with Crippen molar-refractivity contribution in [1.82, 2.24) is 19.4 Å². The smallest absolute Gasteiger partial charge is 0.408 e. The molecule has 2 aliphatic rings. The van der Waals surface area contributed by atoms with Crippen LogP contribution in [0, 0.1) is 6.92 Å². The molecule has 1 amide bonds. The Morgan fingerprint density at radius 2 is 1.72 bits per heavy atom. The second kappa shape index (κ2) is 8.64. The van der Waals surface area contributed by atoms with Gasteiger partial charge in [-0.3, -0.25) is 9.36 Å². The van der Waals surface area contributed by atoms with Crippen molar-refractivity contribution in [2.75, 3.05) is 49.1 Å². The van der Waals surface area contributed by atoms with Crippen LogP contribution in [-0.2, 0) is 11.3 Å². The largest absolute Gasteiger partial charge is 0.420 e. The summed E-state index contributed by atoms with van der Waals surface area (Å²) in [7, 11) is 0. The van der Waals surface area contributed by atoms with Crippen LogP contribution in [0.15, 0.2) is 39.5 Å². The minimum Gasteiger partial charge on any atom is -0.408 e. The number of anilines is 2. The molecule has 5 rings (SSSR count). The topological polar surface area (TPSA) is 87.7 Å². The summed E-state index contributed by atoms with van der Waals surface area (Å²) in [4.78, 5) is 40.8. The SMILES string of the molecule is Cc1cc(N2CCCCC2)nc(N2CCN(C(=O)Cn3c(=O)oc4ccccc43)CC2)n1. The number of benzene rings is 1. The van der Waals surface area contributed by atoms with Crippen molar-refractivity contribution in [3.05, 3.63) is 46.6 Å². The second-order valence-corrected chi connectivity index (χ2v) is 8.50. The standard InChI is InChI=1S/C23H28N6O3/c1-17-15-20(26-9-5-2-6-10-26)25-22(24-17)28-13-11-27(12-14-28)21(30)16-29-18-7-3-4-8-19(18)32-23(29)31/h3-4,7-8,15H,2,5-6,9-14,16H2,1H3. The molecule has 9 nitrogen and oxygen atoms in total. The van der Waals surface area contributed by atoms with Gasteiger partial charge in [0.2, 0.25) is 11.9 Å². The Morgan fingerprint density at radius 3 is 2.50 bits per heavy atom. The van der Waals surface area contributed by atoms with Gasteiger partial charge in [-0.2, -0.15) is 4.98 Å². The summed E-state index contributed by atoms with van der Waals surface area (Å²) >= 11 is 0. The first-order valence-corrected chi connectivity index (χ1v) is 11.3. The molecule has 0 N–H and O–H groups in total. The predicted octanol–water partition coefficient (Wildman–Crippen LogP) is 2.03. The summed E-state index contributed by atoms with van der Waals surface area (Å²) in [5.74, 6) is 1.14. The van der Waals surface area contributed by atoms with E-state index in [-0.39, 0.29) is 12.5 Å². The number of fused-ring (bicyclic) bond motifs is 1. The number of piperazine rings is 1. The summed E-state index contributed by atoms with van der Waals surface area (Å²) in [5.41, 5.74) is 2.10. The van der Waals surface area contributed by atoms with Crippen LogP contribution in [0.2, 0.25) is 0 Å². The molecule has 0 atom stereocenters. The van der Waals surface area contributed by atoms with E-state index in [0.29, 0.717) is 37.3 Å². The molecule has 4 heterocycles. The third kappa shape index (κ3) is 4.06. The number of piperidine rings is 1. The van der Waals surface area contributed by atoms with E-state index in [1.807, 2.05) is 13.0 Å². The highest BCUT2D eigenvalue weighted by Crippen LogP contribution is 2.22. The lowest BCUT2D eigenvalue weighted by atomic mass is 10.1. The molecule has 0 radical (unpaired) electrons. The lowest BCUT2D eigenvalue weighted by Crippen LogP contribution is -2.50. The Balaban J connectivity index is 1.25. The molecule has 0 saturated carbocycles. The molecular formula is C23H28N6O3. The minimum atomic E-state index is -0.503. The van der Waals surface area contributed by atoms with Gasteiger partial charge in [-0.1, -0.05) is 12.1 Å². The summed E-state index contributed by atoms with van der Waals surface area (Å²) in [6.07, 6.45) is 3.69. The van der Waals surface area contributed by atoms with Crippen molar-refractivity contribution in [1.29, 1.82) is 0 Å². The van der Waals surface area contributed by atoms with Gasteiger partial charge >= 0.3 is 5.76 Å². The van der Waals surface area contributed by atoms with E-state index in [1.54, 1.807) is 23.1 Å². The fourth-order valence-corrected chi connectivity index (χ4v) is 4.52. The lowest BCUT2D eigenvalue weighted by molar-refractivity contribution is -0.132. The van der Waals surface area contributed by atoms with E-state index in [0.717, 1.165) is 30.5 Å². The molecule has 168 valence electrons. The van der Waals surface area contributed by atoms with Crippen molar-refractivity contribution >= 4 is 28.8 Å². The fraction of sp³-hybridized carbons (Fsp3) is 0.478. The van der Waals surface area contributed by atoms with Gasteiger partial charge in [0.25, 0.3) is 0 Å². The monoisotopic (exact) mass is 436 g/mol. The highest BCUT2D eigenvalue weighted by Gasteiger charge is 2.25. The fourth-order valence-electron chi connectivity index (χ4n) is 4.52. The average molecular weight is 437 g/mol. The molecule has 0 bridgehead atoms. The molecule has 2 fully saturated rings. The van der Waals surface area contributed by atoms with Gasteiger partial charge in [0.05, 0.1) is 5.52 Å². The van der Waals surface area contributed by atoms with Crippen molar-refractivity contribution in [2.24, 2.45) is 0 Å². The number of nitrogens with zero attached hydrogens (tertiary/aromatic N) is 6. The average Bonchev–Trinajstić information content (AvgIpc) is 3.14. The maximum absolute atomic E-state index is 12.9. The first-order valence-electron chi connectivity index (χ1n) is 11.3. The lowest BCUT2D eigenvalue weighted by Gasteiger charge is -2.35. The molecule has 0 unspecified atom stereocenters. The van der Waals surface area contributed by atoms with E-state index in [2.05, 4.69) is 20.9 Å². The summed E-state index contributed by atoms with van der Waals surface area (Å²) in [6, 6.07) is 9.22. The molecule has 3 aromatic rings. The van der Waals surface area contributed by atoms with Crippen molar-refractivity contribution in [3.8, 4) is 0 Å². The number of carbonyl (C=O) groups excluding carboxylic acids is 1. The molecule has 1 aromatic carbocycles. The van der Waals surface area contributed by atoms with Crippen LogP contribution in [0.25, 0.3) is 11.1 Å². The summed E-state index contributed by atoms with van der Waals surface area (Å²) in [5, 5.41) is 0. The maximum atomic E-state index is 12.9. The predicted molar refractivity (Wildman–Crippen MR) is 122 cm³/mol. The zero-order valence-electron chi connectivity index (χ0n) is 18.4. The summed E-state index contributed by atoms with van der Waals surface area (Å²) < 4.78 is 6.64. The van der Waals surface area contributed by atoms with Crippen LogP contribution in [0.3, 0.4) is 0 Å². The number of aromatic nitrogens is 3. The Labute approximate surface area is 186 Å². The van der Waals surface area contributed by atoms with Gasteiger partial charge in [0.15, 0.2) is 5.58 Å². The Bertz CT molecular complexity index is 1170. The van der Waals surface area contributed by atoms with E-state index in [9.17, 15) is 9.59 Å². The molecule has 0 spiro atoms. The van der Waals surface area contributed by atoms with Crippen LogP contribution in [0.4, 0.5) is 11.8 Å². The maximum Gasteiger partial charge on any atom is 0.420 e. The third-order valence-electron chi connectivity index (χ3n) is 6.29. The molecule has 9 heteroatoms. The van der Waals surface area contributed by atoms with Crippen LogP contribution in [0.5, 0.6) is 0 Å². The highest BCUT2D eigenvalue weighted by atomic mass is 16.4. The Kier molecular flexibility index (Phi) is 5.55. The number of hydrogen-bond donors (Lipinski definition) is 0. The van der Waals surface area contributed by atoms with Crippen LogP contribution < -0.4 is 15.6 Å². The van der Waals surface area contributed by atoms with Gasteiger partial charge < -0.3 is 19.1 Å². The zero-order valence-corrected chi connectivity index (χ0v) is 18.4. The molecule has 2 aromatic heterocycles. The highest BCUT2D eigenvalue weighted by molar-refractivity contribution is 5.79. The van der Waals surface area contributed by atoms with E-state index < -0.39 is 5.76 Å². The Hall–Kier alpha value is -3.36. The first-order chi connectivity index (χ1) is 15.6. The van der Waals surface area contributed by atoms with Crippen molar-refractivity contribution in [3.63, 3.8) is 0 Å². The van der Waals surface area contributed by atoms with E-state index >= 15 is 0 Å². The van der Waals surface area contributed by atoms with Gasteiger partial charge in [0, 0.05) is 51.0 Å². The Morgan fingerprint density at radius 1 is 0.969 bits per heavy atom. The molecular weight excluding hydrogens is 408 g/mol. The summed E-state index contributed by atoms with van der Waals surface area (Å²) in [6.45, 7) is 6.53. The number of hydrogen-bond acceptors (Lipinski definition) is 7. The molecule has 2 aliphatic heterocycles. The van der Waals surface area contributed by atoms with Crippen LogP contribution in [-0.4, -0.2) is 64.6 Å². The van der Waals surface area contributed by atoms with E-state index in [4.69, 9.17) is 9.40 Å². The van der Waals surface area contributed by atoms with Crippen LogP contribution in [0.1, 0.15) is 25.0 Å². The van der Waals surface area contributed by atoms with Gasteiger partial charge in [-0.15, -0.1) is 0 Å². The second-order valence-electron chi connectivity index (χ2n) is 8.50. The van der Waals surface area contributed by atoms with Crippen molar-refractivity contribution in [2.45, 2.75) is 32.7 Å². The number of rotatable bonds is 4. The molecule has 0 aliphatic carbocycles. The van der Waals surface area contributed by atoms with Gasteiger partial charge in [-0.05, 0) is 38.3 Å². The molecule has 2 saturated heterocycles. The number of aryl methyl sites for hydroxylation is 1. The normalized spacial score (nSPS) is 17.2. The van der Waals surface area contributed by atoms with Gasteiger partial charge in [-0.25, -0.2) is 9.78 Å². The number of para-hydroxylation sites is 2. The minimum absolute atomic E-state index is 0.0180. The van der Waals surface area contributed by atoms with E-state index in [1.165, 1.54) is 23.8 Å². The number of amides is 1. The van der Waals surface area contributed by atoms with Crippen LogP contribution >= 0.6 is 0 Å². The zero-order chi connectivity index (χ0) is 22.1. The van der Waals surface area contributed by atoms with Gasteiger partial charge in [0.1, 0.15) is 12.4 Å². The molecule has 32 heavy (non-hydrogen) atoms. The number of oxazole rings is 1. The number of carbonyl (C=O) groups is 1. The quantitative estimate of drug-likeness (QED) is 0.618. The first kappa shape index (κ1) is 20.5.